The molecule has 1 amide bonds. The fourth-order valence-corrected chi connectivity index (χ4v) is 7.26. The molecule has 13 heteroatoms. The van der Waals surface area contributed by atoms with Gasteiger partial charge in [0.15, 0.2) is 0 Å². The van der Waals surface area contributed by atoms with Crippen LogP contribution in [-0.2, 0) is 24.1 Å². The van der Waals surface area contributed by atoms with E-state index in [9.17, 15) is 29.9 Å². The third-order valence-corrected chi connectivity index (χ3v) is 9.80. The van der Waals surface area contributed by atoms with Gasteiger partial charge in [0, 0.05) is 29.8 Å². The van der Waals surface area contributed by atoms with Crippen molar-refractivity contribution < 1.29 is 44.4 Å². The Morgan fingerprint density at radius 3 is 2.07 bits per heavy atom. The van der Waals surface area contributed by atoms with Crippen molar-refractivity contribution in [2.45, 2.75) is 126 Å². The molecule has 4 aliphatic carbocycles. The summed E-state index contributed by atoms with van der Waals surface area (Å²) in [6, 6.07) is -0.667. The van der Waals surface area contributed by atoms with Gasteiger partial charge in [0.05, 0.1) is 43.4 Å². The summed E-state index contributed by atoms with van der Waals surface area (Å²) in [5, 5.41) is 42.4. The lowest BCUT2D eigenvalue weighted by atomic mass is 9.76. The molecule has 41 heavy (non-hydrogen) atoms. The molecular weight excluding hydrogens is 538 g/mol. The molecule has 4 fully saturated rings. The lowest BCUT2D eigenvalue weighted by Crippen LogP contribution is -2.48. The molecule has 0 radical (unpaired) electrons. The quantitative estimate of drug-likeness (QED) is 0.129. The van der Waals surface area contributed by atoms with Crippen molar-refractivity contribution in [2.24, 2.45) is 23.7 Å². The Morgan fingerprint density at radius 1 is 0.805 bits per heavy atom. The number of aliphatic hydroxyl groups is 1. The van der Waals surface area contributed by atoms with Gasteiger partial charge in [-0.25, -0.2) is 4.89 Å². The smallest absolute Gasteiger partial charge is 0.307 e. The summed E-state index contributed by atoms with van der Waals surface area (Å²) >= 11 is 0. The second-order valence-corrected chi connectivity index (χ2v) is 12.6. The molecular formula is C28H47N3O10. The number of carbonyl (C=O) groups excluding carboxylic acids is 1. The van der Waals surface area contributed by atoms with Crippen LogP contribution < -0.4 is 10.8 Å². The maximum Gasteiger partial charge on any atom is 0.307 e. The van der Waals surface area contributed by atoms with Crippen LogP contribution in [0.25, 0.3) is 0 Å². The number of carboxylic acid groups (broad SMARTS) is 1. The Morgan fingerprint density at radius 2 is 1.46 bits per heavy atom. The molecule has 5 N–H and O–H groups in total. The van der Waals surface area contributed by atoms with Crippen molar-refractivity contribution in [3.63, 3.8) is 0 Å². The molecule has 0 heterocycles. The summed E-state index contributed by atoms with van der Waals surface area (Å²) < 4.78 is 6.40. The first-order chi connectivity index (χ1) is 19.7. The van der Waals surface area contributed by atoms with Crippen LogP contribution in [0.3, 0.4) is 0 Å². The number of rotatable bonds is 12. The molecule has 0 aromatic carbocycles. The van der Waals surface area contributed by atoms with Gasteiger partial charge >= 0.3 is 5.97 Å². The van der Waals surface area contributed by atoms with Gasteiger partial charge in [-0.05, 0) is 88.9 Å². The first-order valence-electron chi connectivity index (χ1n) is 15.4. The number of nitro groups is 1. The van der Waals surface area contributed by atoms with Crippen LogP contribution in [0.5, 0.6) is 0 Å². The van der Waals surface area contributed by atoms with E-state index in [2.05, 4.69) is 15.7 Å². The number of aliphatic hydroxyl groups excluding tert-OH is 1. The van der Waals surface area contributed by atoms with E-state index in [-0.39, 0.29) is 74.0 Å². The van der Waals surface area contributed by atoms with E-state index in [1.54, 1.807) is 0 Å². The zero-order chi connectivity index (χ0) is 29.4. The topological polar surface area (TPSA) is 190 Å². The van der Waals surface area contributed by atoms with Gasteiger partial charge in [-0.1, -0.05) is 0 Å². The third kappa shape index (κ3) is 9.29. The maximum absolute atomic E-state index is 12.9. The van der Waals surface area contributed by atoms with Gasteiger partial charge in [0.1, 0.15) is 0 Å². The number of hydroxylamine groups is 1. The minimum absolute atomic E-state index is 0.0296. The average molecular weight is 586 g/mol. The van der Waals surface area contributed by atoms with Gasteiger partial charge in [0.25, 0.3) is 0 Å². The SMILES string of the molecule is O=C(O)C1CC([N+](=O)[O-])CCC1C(=O)NC1CCC(OC2CCC(NOCC3CCC(O)CC3COO)CC2)CC1. The Bertz CT molecular complexity index is 862. The summed E-state index contributed by atoms with van der Waals surface area (Å²) in [7, 11) is 0. The Labute approximate surface area is 240 Å². The van der Waals surface area contributed by atoms with Crippen molar-refractivity contribution in [1.82, 2.24) is 10.8 Å². The van der Waals surface area contributed by atoms with Crippen molar-refractivity contribution in [3.05, 3.63) is 10.1 Å². The van der Waals surface area contributed by atoms with E-state index in [0.29, 0.717) is 13.0 Å². The number of carboxylic acids is 1. The predicted octanol–water partition coefficient (Wildman–Crippen LogP) is 2.68. The zero-order valence-electron chi connectivity index (χ0n) is 23.7. The van der Waals surface area contributed by atoms with Crippen molar-refractivity contribution >= 4 is 11.9 Å². The highest BCUT2D eigenvalue weighted by Gasteiger charge is 2.44. The molecule has 0 aliphatic heterocycles. The second-order valence-electron chi connectivity index (χ2n) is 12.6. The standard InChI is InChI=1S/C28H47N3O10/c32-22-7-1-17(18(13-22)16-40-38)15-39-30-20-4-10-24(11-5-20)41-23-8-2-19(3-9-23)29-27(33)25-12-6-21(31(36)37)14-26(25)28(34)35/h17-26,30,32,38H,1-16H2,(H,29,33)(H,34,35). The van der Waals surface area contributed by atoms with E-state index >= 15 is 0 Å². The minimum atomic E-state index is -1.14. The van der Waals surface area contributed by atoms with Gasteiger partial charge in [0.2, 0.25) is 11.9 Å². The highest BCUT2D eigenvalue weighted by molar-refractivity contribution is 5.85. The molecule has 0 bridgehead atoms. The highest BCUT2D eigenvalue weighted by atomic mass is 17.1. The average Bonchev–Trinajstić information content (AvgIpc) is 2.96. The molecule has 13 nitrogen and oxygen atoms in total. The predicted molar refractivity (Wildman–Crippen MR) is 145 cm³/mol. The second kappa shape index (κ2) is 15.5. The van der Waals surface area contributed by atoms with E-state index in [1.165, 1.54) is 0 Å². The zero-order valence-corrected chi connectivity index (χ0v) is 23.7. The van der Waals surface area contributed by atoms with Crippen LogP contribution in [-0.4, -0.2) is 81.9 Å². The van der Waals surface area contributed by atoms with Crippen LogP contribution >= 0.6 is 0 Å². The molecule has 6 unspecified atom stereocenters. The summed E-state index contributed by atoms with van der Waals surface area (Å²) in [5.74, 6) is -2.87. The monoisotopic (exact) mass is 585 g/mol. The van der Waals surface area contributed by atoms with Crippen LogP contribution in [0, 0.1) is 33.8 Å². The normalized spacial score (nSPS) is 38.2. The van der Waals surface area contributed by atoms with Crippen LogP contribution in [0.15, 0.2) is 0 Å². The summed E-state index contributed by atoms with van der Waals surface area (Å²) in [6.07, 6.45) is 9.53. The fourth-order valence-electron chi connectivity index (χ4n) is 7.26. The van der Waals surface area contributed by atoms with E-state index in [0.717, 1.165) is 64.2 Å². The summed E-state index contributed by atoms with van der Waals surface area (Å²) in [6.45, 7) is 0.730. The molecule has 0 saturated heterocycles. The number of aliphatic carboxylic acids is 1. The summed E-state index contributed by atoms with van der Waals surface area (Å²) in [5.41, 5.74) is 3.20. The van der Waals surface area contributed by atoms with Crippen LogP contribution in [0.2, 0.25) is 0 Å². The lowest BCUT2D eigenvalue weighted by molar-refractivity contribution is -0.528. The number of amides is 1. The molecule has 4 aliphatic rings. The van der Waals surface area contributed by atoms with Gasteiger partial charge < -0.3 is 25.1 Å². The lowest BCUT2D eigenvalue weighted by Gasteiger charge is -2.36. The van der Waals surface area contributed by atoms with Crippen molar-refractivity contribution in [3.8, 4) is 0 Å². The maximum atomic E-state index is 12.9. The van der Waals surface area contributed by atoms with Gasteiger partial charge in [-0.3, -0.25) is 25.0 Å². The molecule has 4 rings (SSSR count). The van der Waals surface area contributed by atoms with Gasteiger partial charge in [-0.2, -0.15) is 5.48 Å². The molecule has 4 saturated carbocycles. The van der Waals surface area contributed by atoms with Crippen molar-refractivity contribution in [2.75, 3.05) is 13.2 Å². The molecule has 0 spiro atoms. The fraction of sp³-hybridized carbons (Fsp3) is 0.929. The number of ether oxygens (including phenoxy) is 1. The minimum Gasteiger partial charge on any atom is -0.481 e. The molecule has 0 aromatic rings. The number of hydrogen-bond acceptors (Lipinski definition) is 10. The molecule has 234 valence electrons. The Balaban J connectivity index is 1.10. The summed E-state index contributed by atoms with van der Waals surface area (Å²) in [4.78, 5) is 45.4. The number of nitrogens with one attached hydrogen (secondary N) is 2. The number of hydrogen-bond donors (Lipinski definition) is 5. The van der Waals surface area contributed by atoms with E-state index in [1.807, 2.05) is 0 Å². The first kappa shape index (κ1) is 32.0. The Kier molecular flexibility index (Phi) is 12.1. The third-order valence-electron chi connectivity index (χ3n) is 9.80. The molecule has 0 aromatic heterocycles. The van der Waals surface area contributed by atoms with E-state index in [4.69, 9.17) is 14.8 Å². The molecule has 6 atom stereocenters. The largest absolute Gasteiger partial charge is 0.481 e. The highest BCUT2D eigenvalue weighted by Crippen LogP contribution is 2.34. The van der Waals surface area contributed by atoms with E-state index < -0.39 is 28.8 Å². The Hall–Kier alpha value is -1.90. The first-order valence-corrected chi connectivity index (χ1v) is 15.4. The van der Waals surface area contributed by atoms with Crippen LogP contribution in [0.4, 0.5) is 0 Å². The van der Waals surface area contributed by atoms with Gasteiger partial charge in [-0.15, -0.1) is 0 Å². The number of carbonyl (C=O) groups is 2. The van der Waals surface area contributed by atoms with Crippen LogP contribution in [0.1, 0.15) is 89.9 Å². The van der Waals surface area contributed by atoms with Crippen molar-refractivity contribution in [1.29, 1.82) is 0 Å². The number of nitrogens with zero attached hydrogens (tertiary/aromatic N) is 1.